The first-order valence-electron chi connectivity index (χ1n) is 16.0. The van der Waals surface area contributed by atoms with E-state index in [1.54, 1.807) is 0 Å². The maximum atomic E-state index is 5.75. The average Bonchev–Trinajstić information content (AvgIpc) is 3.05. The molecule has 288 valence electrons. The molecule has 0 saturated carbocycles. The van der Waals surface area contributed by atoms with E-state index >= 15 is 0 Å². The lowest BCUT2D eigenvalue weighted by molar-refractivity contribution is 2.50. The summed E-state index contributed by atoms with van der Waals surface area (Å²) in [6.45, 7) is 0. The van der Waals surface area contributed by atoms with Crippen molar-refractivity contribution in [3.8, 4) is 0 Å². The Hall–Kier alpha value is 0. The van der Waals surface area contributed by atoms with Gasteiger partial charge in [0, 0.05) is 21.9 Å². The molecule has 0 aliphatic heterocycles. The van der Waals surface area contributed by atoms with Crippen molar-refractivity contribution in [1.29, 1.82) is 0 Å². The summed E-state index contributed by atoms with van der Waals surface area (Å²) in [5.41, 5.74) is 0. The molecule has 0 aromatic rings. The van der Waals surface area contributed by atoms with Gasteiger partial charge in [0.15, 0.2) is 0 Å². The lowest BCUT2D eigenvalue weighted by Gasteiger charge is -0.0786. The van der Waals surface area contributed by atoms with Crippen LogP contribution in [-0.4, -0.2) is 0 Å². The van der Waals surface area contributed by atoms with Crippen LogP contribution in [0.3, 0.4) is 0 Å². The van der Waals surface area contributed by atoms with Crippen molar-refractivity contribution >= 4 is 0 Å². The molecular formula is C36H144. The highest BCUT2D eigenvalue weighted by atomic mass is 12.0. The van der Waals surface area contributed by atoms with E-state index in [0.29, 0.717) is 0 Å². The summed E-state index contributed by atoms with van der Waals surface area (Å²) >= 11 is 0. The fourth-order valence-corrected chi connectivity index (χ4v) is 0. The largest absolute Gasteiger partial charge is 0.0776 e. The predicted molar refractivity (Wildman–Crippen MR) is 242 cm³/mol. The van der Waals surface area contributed by atoms with Gasteiger partial charge in [-0.05, 0) is 0 Å². The third kappa shape index (κ3) is 0. The Balaban J connectivity index is -0.00000000151. The van der Waals surface area contributed by atoms with Gasteiger partial charge in [-0.1, -0.05) is 267 Å². The second-order valence-electron chi connectivity index (χ2n) is 0. The second kappa shape index (κ2) is 0. The molecule has 0 rings (SSSR count). The maximum absolute atomic E-state index is 5.75. The molecule has 0 aromatic heterocycles. The summed E-state index contributed by atoms with van der Waals surface area (Å²) in [5, 5.41) is 0. The van der Waals surface area contributed by atoms with Crippen molar-refractivity contribution in [2.75, 3.05) is 0 Å². The van der Waals surface area contributed by atoms with Crippen molar-refractivity contribution in [1.82, 2.24) is 0 Å². The van der Waals surface area contributed by atoms with Gasteiger partial charge in [-0.2, -0.15) is 0 Å². The monoisotopic (exact) mass is 609 g/mol. The average molecular weight is 610 g/mol. The fraction of sp³-hybridized carbons (Fsp3) is 1.00. The Kier molecular flexibility index (Phi) is 0. The van der Waals surface area contributed by atoms with E-state index in [1.165, 1.54) is 118 Å². The smallest absolute Gasteiger partial charge is 0.0194 e. The van der Waals surface area contributed by atoms with Crippen LogP contribution in [0.4, 0.5) is 0 Å². The van der Waals surface area contributed by atoms with Crippen LogP contribution >= 0.6 is 0 Å². The molecule has 0 amide bonds. The highest BCUT2D eigenvalue weighted by molar-refractivity contribution is 2.54. The zero-order valence-corrected chi connectivity index (χ0v) is 16.0. The fourth-order valence-electron chi connectivity index (χ4n) is 0. The molecule has 0 nitrogen and oxygen atoms in total. The van der Waals surface area contributed by atoms with Crippen molar-refractivity contribution < 1.29 is 21.9 Å². The number of hydrogen-bond donors (Lipinski definition) is 0. The third-order valence-corrected chi connectivity index (χ3v) is 0. The van der Waals surface area contributed by atoms with Crippen LogP contribution in [0.1, 0.15) is 289 Å². The third-order valence-electron chi connectivity index (χ3n) is 0. The molecule has 36 heavy (non-hydrogen) atoms. The SMILES string of the molecule is C.C.C.C.C.C.C.C.C.C.C.C.C.C.C.C.C.C.C.C.[3H]C.[3H]C.[3H]C.[3H]C.[3H]C.[3H]C.[3H]C.[3H]C.[3H]C.[3H]C.[3H]C.[3H]C.[3H]C.[3H]C.[3H]C.[3H]C. The van der Waals surface area contributed by atoms with Crippen molar-refractivity contribution in [3.63, 3.8) is 0 Å². The van der Waals surface area contributed by atoms with E-state index in [1.807, 2.05) is 0 Å². The normalized spacial score (nSPS) is 3.11. The molecular weight excluding hydrogens is 432 g/mol. The zero-order valence-electron chi connectivity index (χ0n) is 32.0. The molecule has 0 aliphatic rings. The molecule has 0 saturated heterocycles. The van der Waals surface area contributed by atoms with Gasteiger partial charge in [0.2, 0.25) is 0 Å². The first-order chi connectivity index (χ1) is 16.0. The highest BCUT2D eigenvalue weighted by Crippen LogP contribution is 0.179. The molecule has 0 aliphatic carbocycles. The highest BCUT2D eigenvalue weighted by Gasteiger charge is -0.0426. The molecule has 0 heteroatoms. The lowest BCUT2D eigenvalue weighted by atomic mass is 12.0. The van der Waals surface area contributed by atoms with Crippen LogP contribution in [0.25, 0.3) is 0 Å². The second-order valence-corrected chi connectivity index (χ2v) is 0. The molecule has 0 aromatic carbocycles. The Morgan fingerprint density at radius 2 is 0.0833 bits per heavy atom. The minimum Gasteiger partial charge on any atom is -0.0776 e. The molecule has 0 heterocycles. The number of rotatable bonds is 0. The topological polar surface area (TPSA) is 0 Å². The predicted octanol–water partition coefficient (Wildman–Crippen LogP) is 22.9. The molecule has 0 spiro atoms. The Labute approximate surface area is 289 Å². The van der Waals surface area contributed by atoms with Crippen molar-refractivity contribution in [2.24, 2.45) is 0 Å². The van der Waals surface area contributed by atoms with Gasteiger partial charge in [0.05, 0.1) is 0 Å². The van der Waals surface area contributed by atoms with Crippen LogP contribution < -0.4 is 0 Å². The van der Waals surface area contributed by atoms with E-state index in [-0.39, 0.29) is 149 Å². The van der Waals surface area contributed by atoms with Gasteiger partial charge >= 0.3 is 0 Å². The lowest BCUT2D eigenvalue weighted by Crippen LogP contribution is 0.143. The first-order valence-corrected chi connectivity index (χ1v) is 0. The van der Waals surface area contributed by atoms with E-state index in [2.05, 4.69) is 0 Å². The van der Waals surface area contributed by atoms with Crippen LogP contribution in [-0.2, 0) is 0 Å². The summed E-state index contributed by atoms with van der Waals surface area (Å²) in [7, 11) is 20.0. The van der Waals surface area contributed by atoms with Gasteiger partial charge < -0.3 is 0 Å². The minimum atomic E-state index is 0. The van der Waals surface area contributed by atoms with Crippen LogP contribution in [0.5, 0.6) is 0 Å². The molecule has 0 N–H and O–H groups in total. The van der Waals surface area contributed by atoms with E-state index in [9.17, 15) is 0 Å². The summed E-state index contributed by atoms with van der Waals surface area (Å²) < 4.78 is 92.0. The van der Waals surface area contributed by atoms with Crippen LogP contribution in [0, 0.1) is 0 Å². The van der Waals surface area contributed by atoms with E-state index in [0.717, 1.165) is 0 Å². The van der Waals surface area contributed by atoms with E-state index in [4.69, 9.17) is 21.9 Å². The Bertz CT molecular complexity index is 46.3. The Morgan fingerprint density at radius 3 is 0.0833 bits per heavy atom. The summed E-state index contributed by atoms with van der Waals surface area (Å²) in [6, 6.07) is 0. The van der Waals surface area contributed by atoms with Gasteiger partial charge in [0.1, 0.15) is 0 Å². The standard InChI is InChI=1S/36CH4/h36*1H4/i16*1T;;;;;;;;;;;;;;;;;;;;. The van der Waals surface area contributed by atoms with Gasteiger partial charge in [-0.15, -0.1) is 0 Å². The van der Waals surface area contributed by atoms with Crippen molar-refractivity contribution in [2.45, 2.75) is 267 Å². The summed E-state index contributed by atoms with van der Waals surface area (Å²) in [5.74, 6) is 0. The molecule has 0 atom stereocenters. The quantitative estimate of drug-likeness (QED) is 0.256. The zero-order chi connectivity index (χ0) is 32.0. The molecule has 0 unspecified atom stereocenters. The summed E-state index contributed by atoms with van der Waals surface area (Å²) in [4.78, 5) is 0. The minimum absolute atomic E-state index is 0. The first kappa shape index (κ1) is 172. The maximum Gasteiger partial charge on any atom is 0.0194 e. The van der Waals surface area contributed by atoms with Gasteiger partial charge in [-0.25, -0.2) is 0 Å². The van der Waals surface area contributed by atoms with E-state index < -0.39 is 0 Å². The van der Waals surface area contributed by atoms with Crippen LogP contribution in [0.15, 0.2) is 0 Å². The van der Waals surface area contributed by atoms with Crippen molar-refractivity contribution in [3.05, 3.63) is 0 Å². The Morgan fingerprint density at radius 1 is 0.0833 bits per heavy atom. The molecule has 0 fully saturated rings. The molecule has 0 bridgehead atoms. The number of hydrogen-bond acceptors (Lipinski definition) is 0. The molecule has 0 radical (unpaired) electrons. The van der Waals surface area contributed by atoms with Gasteiger partial charge in [-0.3, -0.25) is 0 Å². The summed E-state index contributed by atoms with van der Waals surface area (Å²) in [6.07, 6.45) is 0. The van der Waals surface area contributed by atoms with Gasteiger partial charge in [0.25, 0.3) is 0 Å². The van der Waals surface area contributed by atoms with Crippen LogP contribution in [0.2, 0.25) is 0 Å².